The highest BCUT2D eigenvalue weighted by Gasteiger charge is 2.12. The summed E-state index contributed by atoms with van der Waals surface area (Å²) in [6.45, 7) is 0. The molecule has 5 nitrogen and oxygen atoms in total. The number of benzene rings is 1. The summed E-state index contributed by atoms with van der Waals surface area (Å²) in [5, 5.41) is 6.01. The second-order valence-corrected chi connectivity index (χ2v) is 3.87. The smallest absolute Gasteiger partial charge is 0.231 e. The van der Waals surface area contributed by atoms with Crippen molar-refractivity contribution in [1.82, 2.24) is 15.5 Å². The molecule has 19 heavy (non-hydrogen) atoms. The zero-order valence-corrected chi connectivity index (χ0v) is 10.1. The fourth-order valence-electron chi connectivity index (χ4n) is 1.51. The first-order valence-electron chi connectivity index (χ1n) is 5.54. The number of carbonyl (C=O) groups is 1. The van der Waals surface area contributed by atoms with E-state index in [1.54, 1.807) is 0 Å². The number of likely N-dealkylation sites (N-methyl/N-ethyl adjacent to an activating group) is 1. The molecule has 1 N–H and O–H groups in total. The molecule has 0 fully saturated rings. The van der Waals surface area contributed by atoms with E-state index in [9.17, 15) is 13.6 Å². The maximum absolute atomic E-state index is 13.4. The van der Waals surface area contributed by atoms with Gasteiger partial charge in [0.05, 0.1) is 12.8 Å². The van der Waals surface area contributed by atoms with Crippen LogP contribution >= 0.6 is 0 Å². The SMILES string of the molecule is CNC(=O)Cc1noc(Cc2cc(F)ccc2F)n1. The van der Waals surface area contributed by atoms with Crippen molar-refractivity contribution in [2.75, 3.05) is 7.05 Å². The molecule has 1 amide bonds. The van der Waals surface area contributed by atoms with Gasteiger partial charge in [0.15, 0.2) is 5.82 Å². The Labute approximate surface area is 107 Å². The first kappa shape index (κ1) is 13.1. The van der Waals surface area contributed by atoms with Gasteiger partial charge in [0.1, 0.15) is 11.6 Å². The number of rotatable bonds is 4. The van der Waals surface area contributed by atoms with Crippen LogP contribution in [0.1, 0.15) is 17.3 Å². The molecule has 0 aliphatic carbocycles. The van der Waals surface area contributed by atoms with Gasteiger partial charge in [-0.15, -0.1) is 0 Å². The van der Waals surface area contributed by atoms with Crippen molar-refractivity contribution < 1.29 is 18.1 Å². The summed E-state index contributed by atoms with van der Waals surface area (Å²) in [6, 6.07) is 3.13. The summed E-state index contributed by atoms with van der Waals surface area (Å²) in [6.07, 6.45) is -0.0457. The molecule has 100 valence electrons. The van der Waals surface area contributed by atoms with Crippen LogP contribution in [0.3, 0.4) is 0 Å². The molecule has 7 heteroatoms. The molecular formula is C12H11F2N3O2. The molecule has 0 saturated heterocycles. The van der Waals surface area contributed by atoms with Crippen LogP contribution in [0.25, 0.3) is 0 Å². The zero-order valence-electron chi connectivity index (χ0n) is 10.1. The molecule has 1 aromatic carbocycles. The minimum absolute atomic E-state index is 0.0222. The van der Waals surface area contributed by atoms with Crippen LogP contribution in [0.15, 0.2) is 22.7 Å². The molecule has 0 atom stereocenters. The van der Waals surface area contributed by atoms with Crippen LogP contribution in [0.4, 0.5) is 8.78 Å². The number of hydrogen-bond donors (Lipinski definition) is 1. The standard InChI is InChI=1S/C12H11F2N3O2/c1-15-11(18)6-10-16-12(19-17-10)5-7-4-8(13)2-3-9(7)14/h2-4H,5-6H2,1H3,(H,15,18). The van der Waals surface area contributed by atoms with Gasteiger partial charge in [0, 0.05) is 12.6 Å². The van der Waals surface area contributed by atoms with Crippen LogP contribution in [0.2, 0.25) is 0 Å². The van der Waals surface area contributed by atoms with Crippen LogP contribution < -0.4 is 5.32 Å². The number of carbonyl (C=O) groups excluding carboxylic acids is 1. The molecule has 2 aromatic rings. The lowest BCUT2D eigenvalue weighted by molar-refractivity contribution is -0.120. The summed E-state index contributed by atoms with van der Waals surface area (Å²) in [5.41, 5.74) is 0.121. The Kier molecular flexibility index (Phi) is 3.84. The highest BCUT2D eigenvalue weighted by atomic mass is 19.1. The second-order valence-electron chi connectivity index (χ2n) is 3.87. The number of nitrogens with zero attached hydrogens (tertiary/aromatic N) is 2. The summed E-state index contributed by atoms with van der Waals surface area (Å²) in [5.74, 6) is -1.02. The summed E-state index contributed by atoms with van der Waals surface area (Å²) < 4.78 is 31.3. The van der Waals surface area contributed by atoms with E-state index in [2.05, 4.69) is 15.5 Å². The average Bonchev–Trinajstić information content (AvgIpc) is 2.81. The van der Waals surface area contributed by atoms with Gasteiger partial charge in [0.25, 0.3) is 0 Å². The van der Waals surface area contributed by atoms with Crippen molar-refractivity contribution in [3.8, 4) is 0 Å². The number of nitrogens with one attached hydrogen (secondary N) is 1. The quantitative estimate of drug-likeness (QED) is 0.904. The molecule has 0 spiro atoms. The normalized spacial score (nSPS) is 10.5. The maximum Gasteiger partial charge on any atom is 0.231 e. The van der Waals surface area contributed by atoms with Crippen molar-refractivity contribution in [3.05, 3.63) is 47.1 Å². The Morgan fingerprint density at radius 2 is 2.21 bits per heavy atom. The van der Waals surface area contributed by atoms with E-state index in [-0.39, 0.29) is 36.0 Å². The van der Waals surface area contributed by atoms with Gasteiger partial charge in [0.2, 0.25) is 11.8 Å². The van der Waals surface area contributed by atoms with Crippen molar-refractivity contribution >= 4 is 5.91 Å². The van der Waals surface area contributed by atoms with Crippen LogP contribution in [0, 0.1) is 11.6 Å². The highest BCUT2D eigenvalue weighted by Crippen LogP contribution is 2.14. The fourth-order valence-corrected chi connectivity index (χ4v) is 1.51. The van der Waals surface area contributed by atoms with E-state index < -0.39 is 11.6 Å². The summed E-state index contributed by atoms with van der Waals surface area (Å²) in [4.78, 5) is 15.0. The number of halogens is 2. The van der Waals surface area contributed by atoms with Gasteiger partial charge in [-0.1, -0.05) is 5.16 Å². The van der Waals surface area contributed by atoms with Gasteiger partial charge in [-0.25, -0.2) is 8.78 Å². The third-order valence-corrected chi connectivity index (χ3v) is 2.46. The molecule has 0 radical (unpaired) electrons. The topological polar surface area (TPSA) is 68.0 Å². The Morgan fingerprint density at radius 1 is 1.42 bits per heavy atom. The van der Waals surface area contributed by atoms with Gasteiger partial charge < -0.3 is 9.84 Å². The fraction of sp³-hybridized carbons (Fsp3) is 0.250. The van der Waals surface area contributed by atoms with E-state index in [4.69, 9.17) is 4.52 Å². The number of hydrogen-bond acceptors (Lipinski definition) is 4. The third-order valence-electron chi connectivity index (χ3n) is 2.46. The summed E-state index contributed by atoms with van der Waals surface area (Å²) >= 11 is 0. The molecule has 2 rings (SSSR count). The van der Waals surface area contributed by atoms with Crippen LogP contribution in [0.5, 0.6) is 0 Å². The Bertz CT molecular complexity index is 598. The van der Waals surface area contributed by atoms with Crippen molar-refractivity contribution in [2.24, 2.45) is 0 Å². The number of amides is 1. The van der Waals surface area contributed by atoms with Crippen molar-refractivity contribution in [3.63, 3.8) is 0 Å². The zero-order chi connectivity index (χ0) is 13.8. The lowest BCUT2D eigenvalue weighted by Crippen LogP contribution is -2.20. The highest BCUT2D eigenvalue weighted by molar-refractivity contribution is 5.77. The Morgan fingerprint density at radius 3 is 2.95 bits per heavy atom. The molecule has 0 aliphatic rings. The van der Waals surface area contributed by atoms with Gasteiger partial charge in [-0.05, 0) is 18.2 Å². The lowest BCUT2D eigenvalue weighted by atomic mass is 10.1. The maximum atomic E-state index is 13.4. The van der Waals surface area contributed by atoms with Crippen molar-refractivity contribution in [2.45, 2.75) is 12.8 Å². The van der Waals surface area contributed by atoms with E-state index in [1.165, 1.54) is 7.05 Å². The van der Waals surface area contributed by atoms with E-state index in [0.29, 0.717) is 0 Å². The second kappa shape index (κ2) is 5.55. The molecule has 1 aromatic heterocycles. The van der Waals surface area contributed by atoms with Crippen LogP contribution in [-0.2, 0) is 17.6 Å². The predicted molar refractivity (Wildman–Crippen MR) is 61.2 cm³/mol. The largest absolute Gasteiger partial charge is 0.359 e. The third kappa shape index (κ3) is 3.34. The first-order valence-corrected chi connectivity index (χ1v) is 5.54. The Hall–Kier alpha value is -2.31. The molecular weight excluding hydrogens is 256 g/mol. The monoisotopic (exact) mass is 267 g/mol. The molecule has 0 saturated carbocycles. The van der Waals surface area contributed by atoms with Gasteiger partial charge in [-0.3, -0.25) is 4.79 Å². The molecule has 0 aliphatic heterocycles. The van der Waals surface area contributed by atoms with Crippen molar-refractivity contribution in [1.29, 1.82) is 0 Å². The average molecular weight is 267 g/mol. The molecule has 1 heterocycles. The number of aromatic nitrogens is 2. The van der Waals surface area contributed by atoms with Gasteiger partial charge >= 0.3 is 0 Å². The van der Waals surface area contributed by atoms with E-state index in [1.807, 2.05) is 0 Å². The predicted octanol–water partition coefficient (Wildman–Crippen LogP) is 1.23. The van der Waals surface area contributed by atoms with E-state index >= 15 is 0 Å². The van der Waals surface area contributed by atoms with Gasteiger partial charge in [-0.2, -0.15) is 4.98 Å². The minimum atomic E-state index is -0.549. The summed E-state index contributed by atoms with van der Waals surface area (Å²) in [7, 11) is 1.49. The lowest BCUT2D eigenvalue weighted by Gasteiger charge is -1.99. The molecule has 0 bridgehead atoms. The van der Waals surface area contributed by atoms with E-state index in [0.717, 1.165) is 18.2 Å². The van der Waals surface area contributed by atoms with Crippen LogP contribution in [-0.4, -0.2) is 23.1 Å². The first-order chi connectivity index (χ1) is 9.08. The minimum Gasteiger partial charge on any atom is -0.359 e. The molecule has 0 unspecified atom stereocenters. The Balaban J connectivity index is 2.11.